The molecule has 0 saturated carbocycles. The smallest absolute Gasteiger partial charge is 0.246 e. The Hall–Kier alpha value is -1.68. The highest BCUT2D eigenvalue weighted by Gasteiger charge is 2.29. The first-order valence-electron chi connectivity index (χ1n) is 6.24. The first-order valence-corrected chi connectivity index (χ1v) is 6.24. The van der Waals surface area contributed by atoms with Crippen molar-refractivity contribution in [1.29, 1.82) is 0 Å². The van der Waals surface area contributed by atoms with Crippen LogP contribution in [0.15, 0.2) is 28.8 Å². The molecule has 0 radical (unpaired) electrons. The lowest BCUT2D eigenvalue weighted by atomic mass is 10.1. The average molecular weight is 243 g/mol. The van der Waals surface area contributed by atoms with Gasteiger partial charge in [-0.2, -0.15) is 4.98 Å². The van der Waals surface area contributed by atoms with E-state index in [9.17, 15) is 0 Å². The van der Waals surface area contributed by atoms with Crippen molar-refractivity contribution in [2.24, 2.45) is 5.73 Å². The number of hydrogen-bond donors (Lipinski definition) is 1. The molecule has 18 heavy (non-hydrogen) atoms. The van der Waals surface area contributed by atoms with Gasteiger partial charge < -0.3 is 10.3 Å². The Labute approximate surface area is 106 Å². The van der Waals surface area contributed by atoms with Crippen LogP contribution in [0.25, 0.3) is 0 Å². The Bertz CT molecular complexity index is 543. The SMILES string of the molecule is CC(C)(N)c1nc(C2Cc3ccccc3C2)no1. The van der Waals surface area contributed by atoms with Gasteiger partial charge in [0.2, 0.25) is 5.89 Å². The highest BCUT2D eigenvalue weighted by Crippen LogP contribution is 2.32. The minimum absolute atomic E-state index is 0.322. The van der Waals surface area contributed by atoms with E-state index in [0.717, 1.165) is 18.7 Å². The fraction of sp³-hybridized carbons (Fsp3) is 0.429. The zero-order valence-electron chi connectivity index (χ0n) is 10.7. The molecule has 1 aliphatic rings. The second kappa shape index (κ2) is 3.92. The van der Waals surface area contributed by atoms with Crippen molar-refractivity contribution >= 4 is 0 Å². The summed E-state index contributed by atoms with van der Waals surface area (Å²) in [6.07, 6.45) is 1.97. The fourth-order valence-electron chi connectivity index (χ4n) is 2.40. The molecule has 0 bridgehead atoms. The molecule has 1 aromatic heterocycles. The standard InChI is InChI=1S/C14H17N3O/c1-14(2,15)13-16-12(17-18-13)11-7-9-5-3-4-6-10(9)8-11/h3-6,11H,7-8,15H2,1-2H3. The van der Waals surface area contributed by atoms with Gasteiger partial charge in [-0.25, -0.2) is 0 Å². The van der Waals surface area contributed by atoms with Crippen LogP contribution in [-0.4, -0.2) is 10.1 Å². The number of aromatic nitrogens is 2. The van der Waals surface area contributed by atoms with Gasteiger partial charge in [0.15, 0.2) is 5.82 Å². The summed E-state index contributed by atoms with van der Waals surface area (Å²) >= 11 is 0. The summed E-state index contributed by atoms with van der Waals surface area (Å²) in [5, 5.41) is 4.08. The van der Waals surface area contributed by atoms with Gasteiger partial charge in [0.1, 0.15) is 0 Å². The number of fused-ring (bicyclic) bond motifs is 1. The molecule has 94 valence electrons. The summed E-state index contributed by atoms with van der Waals surface area (Å²) in [6, 6.07) is 8.49. The summed E-state index contributed by atoms with van der Waals surface area (Å²) in [7, 11) is 0. The van der Waals surface area contributed by atoms with Crippen LogP contribution in [-0.2, 0) is 18.4 Å². The van der Waals surface area contributed by atoms with Crippen molar-refractivity contribution in [3.63, 3.8) is 0 Å². The van der Waals surface area contributed by atoms with Crippen molar-refractivity contribution < 1.29 is 4.52 Å². The van der Waals surface area contributed by atoms with Gasteiger partial charge in [-0.3, -0.25) is 0 Å². The molecular formula is C14H17N3O. The Balaban J connectivity index is 1.85. The van der Waals surface area contributed by atoms with Crippen LogP contribution in [0.5, 0.6) is 0 Å². The molecule has 4 heteroatoms. The Morgan fingerprint density at radius 1 is 1.22 bits per heavy atom. The van der Waals surface area contributed by atoms with Crippen LogP contribution < -0.4 is 5.73 Å². The third kappa shape index (κ3) is 1.93. The molecule has 1 aromatic carbocycles. The van der Waals surface area contributed by atoms with E-state index < -0.39 is 5.54 Å². The van der Waals surface area contributed by atoms with E-state index in [1.165, 1.54) is 11.1 Å². The maximum atomic E-state index is 5.96. The molecule has 0 saturated heterocycles. The Morgan fingerprint density at radius 2 is 1.83 bits per heavy atom. The van der Waals surface area contributed by atoms with E-state index in [0.29, 0.717) is 11.8 Å². The van der Waals surface area contributed by atoms with Gasteiger partial charge in [-0.05, 0) is 37.8 Å². The molecule has 3 rings (SSSR count). The van der Waals surface area contributed by atoms with E-state index in [4.69, 9.17) is 10.3 Å². The monoisotopic (exact) mass is 243 g/mol. The van der Waals surface area contributed by atoms with Crippen LogP contribution in [0, 0.1) is 0 Å². The number of hydrogen-bond acceptors (Lipinski definition) is 4. The third-order valence-corrected chi connectivity index (χ3v) is 3.41. The first kappa shape index (κ1) is 11.4. The maximum absolute atomic E-state index is 5.96. The van der Waals surface area contributed by atoms with Gasteiger partial charge in [0, 0.05) is 5.92 Å². The first-order chi connectivity index (χ1) is 8.54. The molecule has 0 atom stereocenters. The van der Waals surface area contributed by atoms with Crippen LogP contribution in [0.3, 0.4) is 0 Å². The molecule has 4 nitrogen and oxygen atoms in total. The normalized spacial score (nSPS) is 15.9. The van der Waals surface area contributed by atoms with Crippen molar-refractivity contribution in [3.8, 4) is 0 Å². The van der Waals surface area contributed by atoms with Crippen LogP contribution >= 0.6 is 0 Å². The minimum atomic E-state index is -0.573. The van der Waals surface area contributed by atoms with Crippen LogP contribution in [0.4, 0.5) is 0 Å². The Kier molecular flexibility index (Phi) is 2.48. The van der Waals surface area contributed by atoms with E-state index >= 15 is 0 Å². The van der Waals surface area contributed by atoms with Gasteiger partial charge in [0.25, 0.3) is 0 Å². The van der Waals surface area contributed by atoms with Gasteiger partial charge in [-0.15, -0.1) is 0 Å². The molecule has 0 aliphatic heterocycles. The Morgan fingerprint density at radius 3 is 2.33 bits per heavy atom. The zero-order valence-corrected chi connectivity index (χ0v) is 10.7. The van der Waals surface area contributed by atoms with Gasteiger partial charge in [-0.1, -0.05) is 29.4 Å². The van der Waals surface area contributed by atoms with Crippen molar-refractivity contribution in [2.45, 2.75) is 38.1 Å². The third-order valence-electron chi connectivity index (χ3n) is 3.41. The summed E-state index contributed by atoms with van der Waals surface area (Å²) in [4.78, 5) is 4.44. The van der Waals surface area contributed by atoms with E-state index in [1.807, 2.05) is 13.8 Å². The average Bonchev–Trinajstić information content (AvgIpc) is 2.94. The zero-order chi connectivity index (χ0) is 12.8. The second-order valence-electron chi connectivity index (χ2n) is 5.55. The van der Waals surface area contributed by atoms with E-state index in [1.54, 1.807) is 0 Å². The summed E-state index contributed by atoms with van der Waals surface area (Å²) in [6.45, 7) is 3.74. The number of nitrogens with zero attached hydrogens (tertiary/aromatic N) is 2. The summed E-state index contributed by atoms with van der Waals surface area (Å²) < 4.78 is 5.25. The lowest BCUT2D eigenvalue weighted by molar-refractivity contribution is 0.309. The summed E-state index contributed by atoms with van der Waals surface area (Å²) in [5.74, 6) is 1.61. The maximum Gasteiger partial charge on any atom is 0.246 e. The lowest BCUT2D eigenvalue weighted by Gasteiger charge is -2.11. The number of nitrogens with two attached hydrogens (primary N) is 1. The predicted octanol–water partition coefficient (Wildman–Crippen LogP) is 2.15. The molecule has 2 N–H and O–H groups in total. The molecule has 0 spiro atoms. The molecule has 0 unspecified atom stereocenters. The van der Waals surface area contributed by atoms with E-state index in [-0.39, 0.29) is 0 Å². The molecule has 0 amide bonds. The fourth-order valence-corrected chi connectivity index (χ4v) is 2.40. The second-order valence-corrected chi connectivity index (χ2v) is 5.55. The molecule has 2 aromatic rings. The molecule has 0 fully saturated rings. The topological polar surface area (TPSA) is 64.9 Å². The van der Waals surface area contributed by atoms with Crippen molar-refractivity contribution in [3.05, 3.63) is 47.1 Å². The minimum Gasteiger partial charge on any atom is -0.337 e. The molecule has 1 heterocycles. The molecule has 1 aliphatic carbocycles. The van der Waals surface area contributed by atoms with Crippen molar-refractivity contribution in [1.82, 2.24) is 10.1 Å². The number of benzene rings is 1. The molecular weight excluding hydrogens is 226 g/mol. The highest BCUT2D eigenvalue weighted by atomic mass is 16.5. The lowest BCUT2D eigenvalue weighted by Crippen LogP contribution is -2.29. The summed E-state index contributed by atoms with van der Waals surface area (Å²) in [5.41, 5.74) is 8.16. The quantitative estimate of drug-likeness (QED) is 0.877. The van der Waals surface area contributed by atoms with Crippen LogP contribution in [0.2, 0.25) is 0 Å². The number of rotatable bonds is 2. The van der Waals surface area contributed by atoms with Gasteiger partial charge in [0.05, 0.1) is 5.54 Å². The predicted molar refractivity (Wildman–Crippen MR) is 68.1 cm³/mol. The van der Waals surface area contributed by atoms with E-state index in [2.05, 4.69) is 34.4 Å². The van der Waals surface area contributed by atoms with Crippen molar-refractivity contribution in [2.75, 3.05) is 0 Å². The van der Waals surface area contributed by atoms with Gasteiger partial charge >= 0.3 is 0 Å². The largest absolute Gasteiger partial charge is 0.337 e. The highest BCUT2D eigenvalue weighted by molar-refractivity contribution is 5.34. The van der Waals surface area contributed by atoms with Crippen LogP contribution in [0.1, 0.15) is 42.6 Å².